The first-order valence-electron chi connectivity index (χ1n) is 27.1. The molecule has 4 aliphatic rings. The van der Waals surface area contributed by atoms with Gasteiger partial charge in [0, 0.05) is 64.0 Å². The Morgan fingerprint density at radius 2 is 0.914 bits per heavy atom. The molecular formula is C54H87N3O13. The van der Waals surface area contributed by atoms with Crippen molar-refractivity contribution in [2.75, 3.05) is 39.5 Å². The van der Waals surface area contributed by atoms with Crippen molar-refractivity contribution < 1.29 is 62.3 Å². The summed E-state index contributed by atoms with van der Waals surface area (Å²) in [6.45, 7) is 8.38. The van der Waals surface area contributed by atoms with Crippen LogP contribution in [0.5, 0.6) is 0 Å². The van der Waals surface area contributed by atoms with E-state index < -0.39 is 36.5 Å². The molecule has 4 aliphatic carbocycles. The van der Waals surface area contributed by atoms with Gasteiger partial charge in [-0.2, -0.15) is 0 Å². The van der Waals surface area contributed by atoms with Crippen molar-refractivity contribution >= 4 is 35.9 Å². The minimum Gasteiger partial charge on any atom is -0.462 e. The molecule has 0 saturated heterocycles. The molecule has 70 heavy (non-hydrogen) atoms. The number of aromatic nitrogens is 2. The zero-order valence-corrected chi connectivity index (χ0v) is 43.0. The summed E-state index contributed by atoms with van der Waals surface area (Å²) >= 11 is 0. The predicted octanol–water partition coefficient (Wildman–Crippen LogP) is 9.37. The summed E-state index contributed by atoms with van der Waals surface area (Å²) in [4.78, 5) is 84.3. The maximum absolute atomic E-state index is 13.6. The quantitative estimate of drug-likeness (QED) is 0.0497. The smallest absolute Gasteiger partial charge is 0.329 e. The van der Waals surface area contributed by atoms with Crippen molar-refractivity contribution in [3.05, 3.63) is 18.7 Å². The van der Waals surface area contributed by atoms with Crippen LogP contribution in [0.4, 0.5) is 4.79 Å². The standard InChI is InChI=1S/C54H87N3O13/c1-38-9-17-42(18-10-38)29-50(60)65-33-46(34-66-51(61)30-43-19-11-39(2)12-20-43)69-48(58)7-5-26-56(54(64)57-28-25-55-37-57)27-6-8-49(59)70-47(35-67-52(62)31-44-21-13-40(3)14-22-44)36-68-53(63)32-45-23-15-41(4)16-24-45/h25,28,37-47,50,60H,5-24,26-27,29-36H2,1-4H3. The first kappa shape index (κ1) is 56.9. The highest BCUT2D eigenvalue weighted by molar-refractivity contribution is 5.77. The third kappa shape index (κ3) is 22.2. The Balaban J connectivity index is 1.10. The van der Waals surface area contributed by atoms with E-state index in [1.54, 1.807) is 0 Å². The fraction of sp³-hybridized carbons (Fsp3) is 0.833. The Morgan fingerprint density at radius 3 is 1.29 bits per heavy atom. The molecule has 16 heteroatoms. The molecule has 1 aromatic heterocycles. The van der Waals surface area contributed by atoms with Crippen molar-refractivity contribution in [2.24, 2.45) is 47.3 Å². The Bertz CT molecular complexity index is 1670. The van der Waals surface area contributed by atoms with Gasteiger partial charge in [-0.05, 0) is 98.7 Å². The van der Waals surface area contributed by atoms with Crippen LogP contribution in [-0.4, -0.2) is 113 Å². The first-order valence-corrected chi connectivity index (χ1v) is 27.1. The second-order valence-electron chi connectivity index (χ2n) is 21.9. The average Bonchev–Trinajstić information content (AvgIpc) is 3.89. The number of ether oxygens (including phenoxy) is 6. The Morgan fingerprint density at radius 1 is 0.543 bits per heavy atom. The number of esters is 5. The van der Waals surface area contributed by atoms with Crippen molar-refractivity contribution in [1.29, 1.82) is 0 Å². The van der Waals surface area contributed by atoms with E-state index >= 15 is 0 Å². The van der Waals surface area contributed by atoms with Gasteiger partial charge in [0.05, 0.1) is 6.61 Å². The lowest BCUT2D eigenvalue weighted by atomic mass is 9.81. The van der Waals surface area contributed by atoms with Gasteiger partial charge in [0.2, 0.25) is 0 Å². The number of imidazole rings is 1. The van der Waals surface area contributed by atoms with Crippen molar-refractivity contribution in [3.63, 3.8) is 0 Å². The molecule has 0 aliphatic heterocycles. The predicted molar refractivity (Wildman–Crippen MR) is 261 cm³/mol. The number of rotatable bonds is 27. The molecule has 4 fully saturated rings. The highest BCUT2D eigenvalue weighted by atomic mass is 16.6. The molecule has 1 N–H and O–H groups in total. The summed E-state index contributed by atoms with van der Waals surface area (Å²) in [6.07, 6.45) is 19.7. The van der Waals surface area contributed by atoms with Gasteiger partial charge < -0.3 is 38.4 Å². The van der Waals surface area contributed by atoms with Gasteiger partial charge in [-0.1, -0.05) is 91.9 Å². The molecule has 0 radical (unpaired) electrons. The highest BCUT2D eigenvalue weighted by Crippen LogP contribution is 2.34. The lowest BCUT2D eigenvalue weighted by Gasteiger charge is -2.28. The van der Waals surface area contributed by atoms with E-state index in [0.29, 0.717) is 55.3 Å². The average molecular weight is 986 g/mol. The number of hydrogen-bond acceptors (Lipinski definition) is 14. The number of amides is 1. The maximum Gasteiger partial charge on any atom is 0.329 e. The van der Waals surface area contributed by atoms with E-state index in [0.717, 1.165) is 103 Å². The molecule has 2 atom stereocenters. The second kappa shape index (κ2) is 30.7. The number of carbonyl (C=O) groups is 6. The van der Waals surface area contributed by atoms with E-state index in [2.05, 4.69) is 32.7 Å². The van der Waals surface area contributed by atoms with Gasteiger partial charge in [-0.15, -0.1) is 0 Å². The molecule has 2 unspecified atom stereocenters. The molecule has 396 valence electrons. The van der Waals surface area contributed by atoms with Gasteiger partial charge in [0.25, 0.3) is 0 Å². The SMILES string of the molecule is CC1CCC(CC(=O)OCC(COC(=O)CC2CCC(C)CC2)OC(=O)CCCN(CCCC(=O)OC(COC(=O)CC2CCC(C)CC2)COC(O)CC2CCC(C)CC2)C(=O)n2ccnc2)CC1. The summed E-state index contributed by atoms with van der Waals surface area (Å²) in [6, 6.07) is -0.400. The highest BCUT2D eigenvalue weighted by Gasteiger charge is 2.29. The van der Waals surface area contributed by atoms with Crippen LogP contribution in [0.1, 0.15) is 182 Å². The van der Waals surface area contributed by atoms with Crippen molar-refractivity contribution in [3.8, 4) is 0 Å². The van der Waals surface area contributed by atoms with E-state index in [1.807, 2.05) is 0 Å². The molecule has 0 spiro atoms. The second-order valence-corrected chi connectivity index (χ2v) is 21.9. The Kier molecular flexibility index (Phi) is 25.0. The summed E-state index contributed by atoms with van der Waals surface area (Å²) < 4.78 is 35.4. The molecule has 0 aromatic carbocycles. The van der Waals surface area contributed by atoms with Crippen molar-refractivity contribution in [1.82, 2.24) is 14.5 Å². The minimum absolute atomic E-state index is 0.0673. The zero-order valence-electron chi connectivity index (χ0n) is 43.0. The number of carbonyl (C=O) groups excluding carboxylic acids is 6. The molecular weight excluding hydrogens is 899 g/mol. The van der Waals surface area contributed by atoms with Crippen LogP contribution in [0, 0.1) is 47.3 Å². The monoisotopic (exact) mass is 986 g/mol. The van der Waals surface area contributed by atoms with Crippen LogP contribution in [0.3, 0.4) is 0 Å². The third-order valence-corrected chi connectivity index (χ3v) is 15.4. The van der Waals surface area contributed by atoms with Crippen LogP contribution in [0.25, 0.3) is 0 Å². The van der Waals surface area contributed by atoms with Gasteiger partial charge >= 0.3 is 35.9 Å². The molecule has 1 aromatic rings. The van der Waals surface area contributed by atoms with Gasteiger partial charge in [0.1, 0.15) is 26.1 Å². The fourth-order valence-electron chi connectivity index (χ4n) is 10.6. The minimum atomic E-state index is -1.04. The van der Waals surface area contributed by atoms with E-state index in [4.69, 9.17) is 28.4 Å². The van der Waals surface area contributed by atoms with Crippen LogP contribution in [-0.2, 0) is 52.4 Å². The largest absolute Gasteiger partial charge is 0.462 e. The Labute approximate surface area is 417 Å². The zero-order chi connectivity index (χ0) is 50.3. The Hall–Kier alpha value is -4.05. The fourth-order valence-corrected chi connectivity index (χ4v) is 10.6. The van der Waals surface area contributed by atoms with Crippen LogP contribution >= 0.6 is 0 Å². The van der Waals surface area contributed by atoms with Gasteiger partial charge in [-0.25, -0.2) is 9.78 Å². The van der Waals surface area contributed by atoms with Crippen molar-refractivity contribution in [2.45, 2.75) is 200 Å². The normalized spacial score (nSPS) is 26.2. The molecule has 5 rings (SSSR count). The van der Waals surface area contributed by atoms with E-state index in [-0.39, 0.29) is 101 Å². The van der Waals surface area contributed by atoms with E-state index in [1.165, 1.54) is 28.2 Å². The van der Waals surface area contributed by atoms with Crippen LogP contribution in [0.2, 0.25) is 0 Å². The topological polar surface area (TPSA) is 199 Å². The maximum atomic E-state index is 13.6. The number of nitrogens with zero attached hydrogens (tertiary/aromatic N) is 3. The number of hydrogen-bond donors (Lipinski definition) is 1. The third-order valence-electron chi connectivity index (χ3n) is 15.4. The molecule has 0 bridgehead atoms. The lowest BCUT2D eigenvalue weighted by molar-refractivity contribution is -0.175. The van der Waals surface area contributed by atoms with Gasteiger partial charge in [-0.3, -0.25) is 28.5 Å². The number of aliphatic hydroxyl groups excluding tert-OH is 1. The summed E-state index contributed by atoms with van der Waals surface area (Å²) in [5.74, 6) is 1.51. The number of aliphatic hydroxyl groups is 1. The summed E-state index contributed by atoms with van der Waals surface area (Å²) in [5, 5.41) is 10.8. The molecule has 1 amide bonds. The molecule has 4 saturated carbocycles. The summed E-state index contributed by atoms with van der Waals surface area (Å²) in [5.41, 5.74) is 0. The summed E-state index contributed by atoms with van der Waals surface area (Å²) in [7, 11) is 0. The molecule has 1 heterocycles. The lowest BCUT2D eigenvalue weighted by Crippen LogP contribution is -2.37. The van der Waals surface area contributed by atoms with Gasteiger partial charge in [0.15, 0.2) is 18.5 Å². The van der Waals surface area contributed by atoms with E-state index in [9.17, 15) is 33.9 Å². The van der Waals surface area contributed by atoms with Crippen LogP contribution in [0.15, 0.2) is 18.7 Å². The van der Waals surface area contributed by atoms with Crippen LogP contribution < -0.4 is 0 Å². The molecule has 16 nitrogen and oxygen atoms in total. The first-order chi connectivity index (χ1) is 33.7.